The normalized spacial score (nSPS) is 22.2. The second kappa shape index (κ2) is 6.53. The van der Waals surface area contributed by atoms with Crippen molar-refractivity contribution in [2.24, 2.45) is 0 Å². The van der Waals surface area contributed by atoms with Gasteiger partial charge in [-0.15, -0.1) is 5.10 Å². The van der Waals surface area contributed by atoms with E-state index in [2.05, 4.69) is 27.6 Å². The number of amides is 1. The molecule has 116 valence electrons. The van der Waals surface area contributed by atoms with E-state index >= 15 is 0 Å². The van der Waals surface area contributed by atoms with Gasteiger partial charge in [0.25, 0.3) is 5.91 Å². The van der Waals surface area contributed by atoms with Crippen LogP contribution < -0.4 is 5.32 Å². The van der Waals surface area contributed by atoms with Gasteiger partial charge in [-0.05, 0) is 45.9 Å². The zero-order valence-electron chi connectivity index (χ0n) is 12.7. The molecule has 0 saturated carbocycles. The molecule has 7 heteroatoms. The van der Waals surface area contributed by atoms with E-state index in [4.69, 9.17) is 0 Å². The second-order valence-electron chi connectivity index (χ2n) is 6.01. The van der Waals surface area contributed by atoms with E-state index in [-0.39, 0.29) is 5.91 Å². The Morgan fingerprint density at radius 1 is 1.24 bits per heavy atom. The molecule has 2 fully saturated rings. The molecule has 1 N–H and O–H groups in total. The lowest BCUT2D eigenvalue weighted by molar-refractivity contribution is 0.0757. The Morgan fingerprint density at radius 2 is 2.05 bits per heavy atom. The van der Waals surface area contributed by atoms with Gasteiger partial charge in [-0.3, -0.25) is 4.79 Å². The van der Waals surface area contributed by atoms with Gasteiger partial charge in [0.1, 0.15) is 0 Å². The summed E-state index contributed by atoms with van der Waals surface area (Å²) in [6, 6.07) is 0.371. The average Bonchev–Trinajstić information content (AvgIpc) is 2.91. The Bertz CT molecular complexity index is 482. The number of rotatable bonds is 2. The van der Waals surface area contributed by atoms with Crippen molar-refractivity contribution in [3.63, 3.8) is 0 Å². The summed E-state index contributed by atoms with van der Waals surface area (Å²) in [5.41, 5.74) is 0.484. The minimum Gasteiger partial charge on any atom is -0.336 e. The van der Waals surface area contributed by atoms with Crippen LogP contribution in [-0.2, 0) is 0 Å². The maximum absolute atomic E-state index is 12.5. The fourth-order valence-electron chi connectivity index (χ4n) is 3.04. The molecule has 2 saturated heterocycles. The van der Waals surface area contributed by atoms with E-state index in [1.807, 2.05) is 15.8 Å². The van der Waals surface area contributed by atoms with Crippen molar-refractivity contribution in [1.29, 1.82) is 0 Å². The summed E-state index contributed by atoms with van der Waals surface area (Å²) in [7, 11) is 2.10. The first-order valence-corrected chi connectivity index (χ1v) is 7.84. The largest absolute Gasteiger partial charge is 0.336 e. The smallest absolute Gasteiger partial charge is 0.276 e. The molecule has 2 aliphatic heterocycles. The Hall–Kier alpha value is -1.47. The highest BCUT2D eigenvalue weighted by molar-refractivity contribution is 5.91. The maximum Gasteiger partial charge on any atom is 0.276 e. The molecular weight excluding hydrogens is 268 g/mol. The third kappa shape index (κ3) is 3.41. The van der Waals surface area contributed by atoms with E-state index in [9.17, 15) is 4.79 Å². The summed E-state index contributed by atoms with van der Waals surface area (Å²) in [4.78, 5) is 16.7. The minimum absolute atomic E-state index is 0.0190. The highest BCUT2D eigenvalue weighted by atomic mass is 16.2. The summed E-state index contributed by atoms with van der Waals surface area (Å²) < 4.78 is 1.87. The molecule has 0 radical (unpaired) electrons. The number of nitrogens with one attached hydrogen (secondary N) is 1. The first-order chi connectivity index (χ1) is 10.2. The summed E-state index contributed by atoms with van der Waals surface area (Å²) in [6.07, 6.45) is 4.94. The van der Waals surface area contributed by atoms with Gasteiger partial charge >= 0.3 is 0 Å². The van der Waals surface area contributed by atoms with Crippen LogP contribution in [0.15, 0.2) is 6.20 Å². The quantitative estimate of drug-likeness (QED) is 0.830. The highest BCUT2D eigenvalue weighted by Gasteiger charge is 2.23. The van der Waals surface area contributed by atoms with Gasteiger partial charge in [-0.2, -0.15) is 0 Å². The molecule has 0 unspecified atom stereocenters. The summed E-state index contributed by atoms with van der Waals surface area (Å²) in [6.45, 7) is 5.57. The molecule has 21 heavy (non-hydrogen) atoms. The molecule has 0 bridgehead atoms. The number of hydrogen-bond donors (Lipinski definition) is 1. The maximum atomic E-state index is 12.5. The summed E-state index contributed by atoms with van der Waals surface area (Å²) in [5, 5.41) is 11.6. The number of carbonyl (C=O) groups is 1. The van der Waals surface area contributed by atoms with Gasteiger partial charge in [-0.25, -0.2) is 4.68 Å². The Labute approximate surface area is 125 Å². The van der Waals surface area contributed by atoms with Crippen molar-refractivity contribution in [2.75, 3.05) is 46.3 Å². The number of piperidine rings is 1. The Kier molecular flexibility index (Phi) is 4.50. The number of likely N-dealkylation sites (N-methyl/N-ethyl adjacent to an activating group) is 1. The molecule has 3 heterocycles. The third-order valence-corrected chi connectivity index (χ3v) is 4.42. The van der Waals surface area contributed by atoms with E-state index < -0.39 is 0 Å². The van der Waals surface area contributed by atoms with Crippen molar-refractivity contribution < 1.29 is 4.79 Å². The molecule has 0 aliphatic carbocycles. The molecule has 3 rings (SSSR count). The van der Waals surface area contributed by atoms with Crippen molar-refractivity contribution in [2.45, 2.75) is 25.3 Å². The van der Waals surface area contributed by atoms with Gasteiger partial charge in [0.05, 0.1) is 12.2 Å². The van der Waals surface area contributed by atoms with Crippen LogP contribution in [0.25, 0.3) is 0 Å². The molecular formula is C14H24N6O. The Morgan fingerprint density at radius 3 is 2.86 bits per heavy atom. The molecule has 1 aromatic heterocycles. The van der Waals surface area contributed by atoms with Crippen molar-refractivity contribution >= 4 is 5.91 Å². The highest BCUT2D eigenvalue weighted by Crippen LogP contribution is 2.17. The second-order valence-corrected chi connectivity index (χ2v) is 6.01. The van der Waals surface area contributed by atoms with Crippen LogP contribution in [0, 0.1) is 0 Å². The predicted molar refractivity (Wildman–Crippen MR) is 79.2 cm³/mol. The number of nitrogens with zero attached hydrogens (tertiary/aromatic N) is 5. The molecule has 0 spiro atoms. The fourth-order valence-corrected chi connectivity index (χ4v) is 3.04. The first kappa shape index (κ1) is 14.5. The summed E-state index contributed by atoms with van der Waals surface area (Å²) in [5.74, 6) is 0.0190. The monoisotopic (exact) mass is 292 g/mol. The van der Waals surface area contributed by atoms with Gasteiger partial charge in [-0.1, -0.05) is 5.21 Å². The van der Waals surface area contributed by atoms with Crippen molar-refractivity contribution in [1.82, 2.24) is 30.1 Å². The van der Waals surface area contributed by atoms with Gasteiger partial charge < -0.3 is 15.1 Å². The zero-order valence-corrected chi connectivity index (χ0v) is 12.7. The van der Waals surface area contributed by atoms with Gasteiger partial charge in [0.2, 0.25) is 0 Å². The molecule has 1 aromatic rings. The third-order valence-electron chi connectivity index (χ3n) is 4.42. The minimum atomic E-state index is 0.0190. The van der Waals surface area contributed by atoms with Crippen LogP contribution in [0.5, 0.6) is 0 Å². The summed E-state index contributed by atoms with van der Waals surface area (Å²) >= 11 is 0. The van der Waals surface area contributed by atoms with E-state index in [1.165, 1.54) is 0 Å². The lowest BCUT2D eigenvalue weighted by Gasteiger charge is -2.22. The number of aromatic nitrogens is 3. The van der Waals surface area contributed by atoms with Crippen LogP contribution >= 0.6 is 0 Å². The topological polar surface area (TPSA) is 66.3 Å². The number of hydrogen-bond acceptors (Lipinski definition) is 5. The Balaban J connectivity index is 1.65. The van der Waals surface area contributed by atoms with Crippen LogP contribution in [0.2, 0.25) is 0 Å². The van der Waals surface area contributed by atoms with Crippen molar-refractivity contribution in [3.8, 4) is 0 Å². The standard InChI is InChI=1S/C14H24N6O/c1-18-7-2-8-19(10-9-18)14(21)13-11-20(17-16-13)12-3-5-15-6-4-12/h11-12,15H,2-10H2,1H3. The van der Waals surface area contributed by atoms with E-state index in [1.54, 1.807) is 0 Å². The molecule has 7 nitrogen and oxygen atoms in total. The van der Waals surface area contributed by atoms with Gasteiger partial charge in [0.15, 0.2) is 5.69 Å². The molecule has 2 aliphatic rings. The number of carbonyl (C=O) groups excluding carboxylic acids is 1. The lowest BCUT2D eigenvalue weighted by Crippen LogP contribution is -2.34. The lowest BCUT2D eigenvalue weighted by atomic mass is 10.1. The van der Waals surface area contributed by atoms with Crippen LogP contribution in [0.1, 0.15) is 35.8 Å². The predicted octanol–water partition coefficient (Wildman–Crippen LogP) is -0.0197. The van der Waals surface area contributed by atoms with Crippen molar-refractivity contribution in [3.05, 3.63) is 11.9 Å². The average molecular weight is 292 g/mol. The van der Waals surface area contributed by atoms with Crippen LogP contribution in [-0.4, -0.2) is 77.0 Å². The molecule has 1 amide bonds. The molecule has 0 aromatic carbocycles. The molecule has 0 atom stereocenters. The SMILES string of the molecule is CN1CCCN(C(=O)c2cn(C3CCNCC3)nn2)CC1. The van der Waals surface area contributed by atoms with Crippen LogP contribution in [0.3, 0.4) is 0 Å². The van der Waals surface area contributed by atoms with Crippen LogP contribution in [0.4, 0.5) is 0 Å². The fraction of sp³-hybridized carbons (Fsp3) is 0.786. The zero-order chi connectivity index (χ0) is 14.7. The van der Waals surface area contributed by atoms with E-state index in [0.717, 1.165) is 58.5 Å². The van der Waals surface area contributed by atoms with E-state index in [0.29, 0.717) is 11.7 Å². The van der Waals surface area contributed by atoms with Gasteiger partial charge in [0, 0.05) is 19.6 Å². The first-order valence-electron chi connectivity index (χ1n) is 7.84.